The van der Waals surface area contributed by atoms with Crippen molar-refractivity contribution in [3.05, 3.63) is 64.9 Å². The lowest BCUT2D eigenvalue weighted by molar-refractivity contribution is -0.148. The van der Waals surface area contributed by atoms with Crippen LogP contribution in [0.2, 0.25) is 5.02 Å². The number of halogens is 2. The fraction of sp³-hybridized carbons (Fsp3) is 0.167. The molecule has 1 atom stereocenters. The number of hydrogen-bond acceptors (Lipinski definition) is 4. The third-order valence-electron chi connectivity index (χ3n) is 3.29. The third kappa shape index (κ3) is 5.56. The van der Waals surface area contributed by atoms with Gasteiger partial charge >= 0.3 is 5.97 Å². The van der Waals surface area contributed by atoms with Crippen LogP contribution in [0, 0.1) is 5.82 Å². The van der Waals surface area contributed by atoms with Crippen LogP contribution in [0.5, 0.6) is 0 Å². The number of hydrogen-bond donors (Lipinski definition) is 2. The van der Waals surface area contributed by atoms with Gasteiger partial charge < -0.3 is 15.4 Å². The van der Waals surface area contributed by atoms with E-state index in [1.54, 1.807) is 30.3 Å². The van der Waals surface area contributed by atoms with Gasteiger partial charge in [0, 0.05) is 10.6 Å². The number of esters is 1. The van der Waals surface area contributed by atoms with Gasteiger partial charge in [0.05, 0.1) is 5.69 Å². The smallest absolute Gasteiger partial charge is 0.328 e. The second-order valence-electron chi connectivity index (χ2n) is 5.34. The number of anilines is 1. The highest BCUT2D eigenvalue weighted by atomic mass is 35.5. The van der Waals surface area contributed by atoms with Crippen LogP contribution in [0.4, 0.5) is 10.1 Å². The number of carbonyl (C=O) groups excluding carboxylic acids is 3. The Morgan fingerprint density at radius 1 is 1.15 bits per heavy atom. The number of amides is 2. The fourth-order valence-electron chi connectivity index (χ4n) is 1.97. The first-order valence-corrected chi connectivity index (χ1v) is 8.02. The Hall–Kier alpha value is -2.93. The average Bonchev–Trinajstić information content (AvgIpc) is 2.62. The highest BCUT2D eigenvalue weighted by molar-refractivity contribution is 6.30. The molecule has 2 aromatic carbocycles. The number of nitrogens with one attached hydrogen (secondary N) is 2. The van der Waals surface area contributed by atoms with Gasteiger partial charge in [0.25, 0.3) is 11.8 Å². The van der Waals surface area contributed by atoms with Crippen molar-refractivity contribution >= 4 is 35.1 Å². The Bertz CT molecular complexity index is 814. The first-order valence-electron chi connectivity index (χ1n) is 7.64. The zero-order chi connectivity index (χ0) is 19.1. The van der Waals surface area contributed by atoms with E-state index in [0.717, 1.165) is 6.07 Å². The van der Waals surface area contributed by atoms with Crippen LogP contribution in [0.1, 0.15) is 17.3 Å². The molecule has 6 nitrogen and oxygen atoms in total. The van der Waals surface area contributed by atoms with Crippen molar-refractivity contribution in [2.45, 2.75) is 13.0 Å². The summed E-state index contributed by atoms with van der Waals surface area (Å²) in [7, 11) is 0. The summed E-state index contributed by atoms with van der Waals surface area (Å²) in [6, 6.07) is 11.1. The van der Waals surface area contributed by atoms with E-state index in [2.05, 4.69) is 10.6 Å². The Labute approximate surface area is 154 Å². The molecule has 0 radical (unpaired) electrons. The summed E-state index contributed by atoms with van der Waals surface area (Å²) in [4.78, 5) is 35.6. The van der Waals surface area contributed by atoms with E-state index in [9.17, 15) is 18.8 Å². The summed E-state index contributed by atoms with van der Waals surface area (Å²) in [5, 5.41) is 4.92. The van der Waals surface area contributed by atoms with Crippen molar-refractivity contribution in [3.63, 3.8) is 0 Å². The molecule has 2 N–H and O–H groups in total. The van der Waals surface area contributed by atoms with Gasteiger partial charge in [-0.3, -0.25) is 9.59 Å². The topological polar surface area (TPSA) is 84.5 Å². The molecular weight excluding hydrogens is 363 g/mol. The Balaban J connectivity index is 1.81. The number of rotatable bonds is 6. The van der Waals surface area contributed by atoms with Gasteiger partial charge in [-0.1, -0.05) is 29.8 Å². The summed E-state index contributed by atoms with van der Waals surface area (Å²) >= 11 is 5.62. The number of carbonyl (C=O) groups is 3. The van der Waals surface area contributed by atoms with Crippen LogP contribution in [-0.2, 0) is 14.3 Å². The minimum absolute atomic E-state index is 0.0825. The van der Waals surface area contributed by atoms with Crippen LogP contribution in [0.15, 0.2) is 48.5 Å². The van der Waals surface area contributed by atoms with E-state index in [1.807, 2.05) is 0 Å². The van der Waals surface area contributed by atoms with E-state index in [4.69, 9.17) is 16.3 Å². The lowest BCUT2D eigenvalue weighted by atomic mass is 10.2. The standard InChI is InChI=1S/C18H16ClFN2O4/c1-11(21-17(24)12-5-3-2-4-6-12)18(25)26-10-16(23)22-15-8-7-13(19)9-14(15)20/h2-9,11H,10H2,1H3,(H,21,24)(H,22,23)/t11-/m0/s1. The molecule has 0 aromatic heterocycles. The molecule has 0 heterocycles. The Morgan fingerprint density at radius 2 is 1.85 bits per heavy atom. The summed E-state index contributed by atoms with van der Waals surface area (Å²) < 4.78 is 18.4. The van der Waals surface area contributed by atoms with Crippen molar-refractivity contribution < 1.29 is 23.5 Å². The summed E-state index contributed by atoms with van der Waals surface area (Å²) in [6.07, 6.45) is 0. The number of ether oxygens (including phenoxy) is 1. The molecule has 0 saturated heterocycles. The quantitative estimate of drug-likeness (QED) is 0.757. The summed E-state index contributed by atoms with van der Waals surface area (Å²) in [6.45, 7) is 0.812. The van der Waals surface area contributed by atoms with Crippen LogP contribution in [0.3, 0.4) is 0 Å². The van der Waals surface area contributed by atoms with Gasteiger partial charge in [0.1, 0.15) is 11.9 Å². The van der Waals surface area contributed by atoms with E-state index in [1.165, 1.54) is 19.1 Å². The van der Waals surface area contributed by atoms with Crippen LogP contribution in [-0.4, -0.2) is 30.4 Å². The minimum atomic E-state index is -0.956. The van der Waals surface area contributed by atoms with Crippen molar-refractivity contribution in [2.24, 2.45) is 0 Å². The van der Waals surface area contributed by atoms with Gasteiger partial charge in [0.15, 0.2) is 6.61 Å². The monoisotopic (exact) mass is 378 g/mol. The van der Waals surface area contributed by atoms with E-state index < -0.39 is 36.2 Å². The highest BCUT2D eigenvalue weighted by Gasteiger charge is 2.19. The van der Waals surface area contributed by atoms with Crippen molar-refractivity contribution in [3.8, 4) is 0 Å². The largest absolute Gasteiger partial charge is 0.454 e. The molecule has 0 aliphatic rings. The predicted octanol–water partition coefficient (Wildman–Crippen LogP) is 2.78. The predicted molar refractivity (Wildman–Crippen MR) is 94.4 cm³/mol. The van der Waals surface area contributed by atoms with Crippen molar-refractivity contribution in [1.82, 2.24) is 5.32 Å². The maximum atomic E-state index is 13.6. The van der Waals surface area contributed by atoms with E-state index in [0.29, 0.717) is 5.56 Å². The molecule has 0 aliphatic carbocycles. The highest BCUT2D eigenvalue weighted by Crippen LogP contribution is 2.18. The maximum absolute atomic E-state index is 13.6. The first-order chi connectivity index (χ1) is 12.4. The third-order valence-corrected chi connectivity index (χ3v) is 3.52. The molecule has 0 unspecified atom stereocenters. The lowest BCUT2D eigenvalue weighted by Crippen LogP contribution is -2.40. The molecule has 2 amide bonds. The molecule has 0 saturated carbocycles. The van der Waals surface area contributed by atoms with Crippen LogP contribution < -0.4 is 10.6 Å². The summed E-state index contributed by atoms with van der Waals surface area (Å²) in [5.74, 6) is -2.66. The number of benzene rings is 2. The summed E-state index contributed by atoms with van der Waals surface area (Å²) in [5.41, 5.74) is 0.309. The Kier molecular flexibility index (Phi) is 6.68. The maximum Gasteiger partial charge on any atom is 0.328 e. The molecule has 2 rings (SSSR count). The van der Waals surface area contributed by atoms with Gasteiger partial charge in [-0.15, -0.1) is 0 Å². The van der Waals surface area contributed by atoms with Gasteiger partial charge in [0.2, 0.25) is 0 Å². The molecular formula is C18H16ClFN2O4. The van der Waals surface area contributed by atoms with E-state index in [-0.39, 0.29) is 10.7 Å². The van der Waals surface area contributed by atoms with Gasteiger partial charge in [-0.05, 0) is 37.3 Å². The normalized spacial score (nSPS) is 11.3. The SMILES string of the molecule is C[C@H](NC(=O)c1ccccc1)C(=O)OCC(=O)Nc1ccc(Cl)cc1F. The molecule has 0 fully saturated rings. The average molecular weight is 379 g/mol. The second-order valence-corrected chi connectivity index (χ2v) is 5.78. The van der Waals surface area contributed by atoms with Crippen molar-refractivity contribution in [1.29, 1.82) is 0 Å². The fourth-order valence-corrected chi connectivity index (χ4v) is 2.13. The zero-order valence-corrected chi connectivity index (χ0v) is 14.5. The molecule has 0 spiro atoms. The van der Waals surface area contributed by atoms with Crippen molar-refractivity contribution in [2.75, 3.05) is 11.9 Å². The van der Waals surface area contributed by atoms with Crippen LogP contribution >= 0.6 is 11.6 Å². The second kappa shape index (κ2) is 8.96. The van der Waals surface area contributed by atoms with Gasteiger partial charge in [-0.25, -0.2) is 9.18 Å². The lowest BCUT2D eigenvalue weighted by Gasteiger charge is -2.13. The van der Waals surface area contributed by atoms with E-state index >= 15 is 0 Å². The molecule has 136 valence electrons. The molecule has 26 heavy (non-hydrogen) atoms. The Morgan fingerprint density at radius 3 is 2.50 bits per heavy atom. The minimum Gasteiger partial charge on any atom is -0.454 e. The molecule has 8 heteroatoms. The van der Waals surface area contributed by atoms with Gasteiger partial charge in [-0.2, -0.15) is 0 Å². The molecule has 2 aromatic rings. The van der Waals surface area contributed by atoms with Crippen LogP contribution in [0.25, 0.3) is 0 Å². The molecule has 0 bridgehead atoms. The first kappa shape index (κ1) is 19.4. The molecule has 0 aliphatic heterocycles. The zero-order valence-electron chi connectivity index (χ0n) is 13.8.